The summed E-state index contributed by atoms with van der Waals surface area (Å²) < 4.78 is 7.52. The smallest absolute Gasteiger partial charge is 0.131 e. The summed E-state index contributed by atoms with van der Waals surface area (Å²) in [6.07, 6.45) is 0. The molecule has 0 atom stereocenters. The van der Waals surface area contributed by atoms with E-state index in [1.807, 2.05) is 11.3 Å². The zero-order chi connectivity index (χ0) is 33.9. The van der Waals surface area contributed by atoms with Crippen LogP contribution >= 0.6 is 11.3 Å². The first-order valence-corrected chi connectivity index (χ1v) is 18.6. The Hall–Kier alpha value is -6.62. The molecule has 0 saturated heterocycles. The van der Waals surface area contributed by atoms with E-state index < -0.39 is 0 Å². The highest BCUT2D eigenvalue weighted by molar-refractivity contribution is 7.25. The summed E-state index contributed by atoms with van der Waals surface area (Å²) in [6, 6.07) is 64.7. The van der Waals surface area contributed by atoms with Gasteiger partial charge in [-0.1, -0.05) is 103 Å². The average molecular weight is 680 g/mol. The van der Waals surface area contributed by atoms with Crippen LogP contribution < -0.4 is 4.90 Å². The van der Waals surface area contributed by atoms with Gasteiger partial charge in [0, 0.05) is 53.4 Å². The first-order chi connectivity index (χ1) is 25.8. The van der Waals surface area contributed by atoms with E-state index >= 15 is 0 Å². The Morgan fingerprint density at radius 1 is 0.385 bits per heavy atom. The average Bonchev–Trinajstić information content (AvgIpc) is 3.93. The molecule has 12 aromatic rings. The lowest BCUT2D eigenvalue weighted by Gasteiger charge is -2.26. The van der Waals surface area contributed by atoms with Crippen molar-refractivity contribution < 1.29 is 0 Å². The topological polar surface area (TPSA) is 12.1 Å². The van der Waals surface area contributed by atoms with Gasteiger partial charge in [0.2, 0.25) is 0 Å². The van der Waals surface area contributed by atoms with Crippen molar-refractivity contribution in [2.45, 2.75) is 0 Å². The molecule has 4 heterocycles. The minimum atomic E-state index is 1.12. The number of para-hydroxylation sites is 3. The van der Waals surface area contributed by atoms with E-state index in [9.17, 15) is 0 Å². The minimum absolute atomic E-state index is 1.12. The van der Waals surface area contributed by atoms with Crippen LogP contribution in [-0.4, -0.2) is 8.80 Å². The molecule has 0 fully saturated rings. The van der Waals surface area contributed by atoms with Crippen LogP contribution in [0.2, 0.25) is 0 Å². The fraction of sp³-hybridized carbons (Fsp3) is 0. The second kappa shape index (κ2) is 10.5. The van der Waals surface area contributed by atoms with E-state index in [1.54, 1.807) is 0 Å². The molecule has 242 valence electrons. The number of hydrogen-bond acceptors (Lipinski definition) is 2. The van der Waals surface area contributed by atoms with Gasteiger partial charge in [-0.2, -0.15) is 0 Å². The summed E-state index contributed by atoms with van der Waals surface area (Å²) in [7, 11) is 0. The number of anilines is 3. The van der Waals surface area contributed by atoms with Gasteiger partial charge < -0.3 is 4.90 Å². The molecule has 0 unspecified atom stereocenters. The van der Waals surface area contributed by atoms with Crippen LogP contribution in [0.3, 0.4) is 0 Å². The van der Waals surface area contributed by atoms with Crippen molar-refractivity contribution in [2.75, 3.05) is 4.90 Å². The molecular formula is C48H29N3S. The van der Waals surface area contributed by atoms with Crippen molar-refractivity contribution in [1.29, 1.82) is 0 Å². The quantitative estimate of drug-likeness (QED) is 0.180. The van der Waals surface area contributed by atoms with Gasteiger partial charge in [0.05, 0.1) is 22.1 Å². The number of aromatic nitrogens is 2. The Kier molecular flexibility index (Phi) is 5.65. The molecule has 4 aromatic heterocycles. The standard InChI is InChI=1S/C48H29N3S/c1-2-12-35-30(10-1)11-9-15-36(35)31-20-22-32(23-21-31)49(34-25-27-46-39(28-34)37-13-4-8-19-45(37)52-46)33-24-26-42-40(29-33)47-38-14-3-5-16-41(38)50-43-17-6-7-18-44(43)51(42)48(47)50/h1-29H. The monoisotopic (exact) mass is 679 g/mol. The van der Waals surface area contributed by atoms with E-state index in [-0.39, 0.29) is 0 Å². The van der Waals surface area contributed by atoms with Gasteiger partial charge in [0.1, 0.15) is 5.65 Å². The summed E-state index contributed by atoms with van der Waals surface area (Å²) in [5.41, 5.74) is 12.0. The minimum Gasteiger partial charge on any atom is -0.310 e. The van der Waals surface area contributed by atoms with Crippen molar-refractivity contribution >= 4 is 103 Å². The van der Waals surface area contributed by atoms with Crippen LogP contribution in [0.5, 0.6) is 0 Å². The zero-order valence-electron chi connectivity index (χ0n) is 28.0. The van der Waals surface area contributed by atoms with E-state index in [0.29, 0.717) is 0 Å². The lowest BCUT2D eigenvalue weighted by molar-refractivity contribution is 1.28. The predicted octanol–water partition coefficient (Wildman–Crippen LogP) is 13.7. The van der Waals surface area contributed by atoms with Crippen molar-refractivity contribution in [2.24, 2.45) is 0 Å². The molecular weight excluding hydrogens is 651 g/mol. The maximum atomic E-state index is 2.46. The second-order valence-corrected chi connectivity index (χ2v) is 14.8. The van der Waals surface area contributed by atoms with Crippen LogP contribution in [0, 0.1) is 0 Å². The third-order valence-electron chi connectivity index (χ3n) is 11.0. The SMILES string of the molecule is c1ccc2c(-c3ccc(N(c4ccc5sc6ccccc6c5c4)c4ccc5c(c4)c4c6ccccc6n6c7ccccc7n5c46)cc3)cccc2c1. The van der Waals surface area contributed by atoms with Crippen LogP contribution in [0.25, 0.3) is 85.9 Å². The molecule has 0 radical (unpaired) electrons. The Bertz CT molecular complexity index is 3350. The molecule has 0 aliphatic carbocycles. The third-order valence-corrected chi connectivity index (χ3v) is 12.2. The fourth-order valence-electron chi connectivity index (χ4n) is 8.77. The highest BCUT2D eigenvalue weighted by Gasteiger charge is 2.24. The molecule has 3 nitrogen and oxygen atoms in total. The normalized spacial score (nSPS) is 12.2. The lowest BCUT2D eigenvalue weighted by Crippen LogP contribution is -2.09. The predicted molar refractivity (Wildman–Crippen MR) is 223 cm³/mol. The summed E-state index contributed by atoms with van der Waals surface area (Å²) in [4.78, 5) is 2.43. The van der Waals surface area contributed by atoms with Crippen LogP contribution in [0.1, 0.15) is 0 Å². The van der Waals surface area contributed by atoms with Gasteiger partial charge in [-0.25, -0.2) is 0 Å². The number of hydrogen-bond donors (Lipinski definition) is 0. The van der Waals surface area contributed by atoms with E-state index in [2.05, 4.69) is 190 Å². The Labute approximate surface area is 302 Å². The highest BCUT2D eigenvalue weighted by atomic mass is 32.1. The van der Waals surface area contributed by atoms with Gasteiger partial charge in [-0.05, 0) is 94.7 Å². The van der Waals surface area contributed by atoms with Crippen molar-refractivity contribution in [1.82, 2.24) is 8.80 Å². The first-order valence-electron chi connectivity index (χ1n) is 17.8. The number of imidazole rings is 1. The molecule has 0 saturated carbocycles. The Morgan fingerprint density at radius 2 is 0.962 bits per heavy atom. The summed E-state index contributed by atoms with van der Waals surface area (Å²) >= 11 is 1.86. The summed E-state index contributed by atoms with van der Waals surface area (Å²) in [6.45, 7) is 0. The number of fused-ring (bicyclic) bond motifs is 13. The Morgan fingerprint density at radius 3 is 1.77 bits per heavy atom. The van der Waals surface area contributed by atoms with Gasteiger partial charge >= 0.3 is 0 Å². The number of benzene rings is 8. The van der Waals surface area contributed by atoms with Crippen molar-refractivity contribution in [3.8, 4) is 11.1 Å². The maximum Gasteiger partial charge on any atom is 0.131 e. The van der Waals surface area contributed by atoms with Crippen LogP contribution in [-0.2, 0) is 0 Å². The van der Waals surface area contributed by atoms with Gasteiger partial charge in [0.25, 0.3) is 0 Å². The second-order valence-electron chi connectivity index (χ2n) is 13.8. The first kappa shape index (κ1) is 28.1. The Balaban J connectivity index is 1.11. The molecule has 0 aliphatic rings. The molecule has 0 amide bonds. The van der Waals surface area contributed by atoms with E-state index in [4.69, 9.17) is 0 Å². The van der Waals surface area contributed by atoms with E-state index in [0.717, 1.165) is 17.1 Å². The highest BCUT2D eigenvalue weighted by Crippen LogP contribution is 2.45. The fourth-order valence-corrected chi connectivity index (χ4v) is 9.86. The number of thiophene rings is 1. The molecule has 4 heteroatoms. The largest absolute Gasteiger partial charge is 0.310 e. The number of rotatable bonds is 4. The van der Waals surface area contributed by atoms with Gasteiger partial charge in [-0.3, -0.25) is 8.80 Å². The molecule has 52 heavy (non-hydrogen) atoms. The maximum absolute atomic E-state index is 2.46. The molecule has 0 N–H and O–H groups in total. The van der Waals surface area contributed by atoms with E-state index in [1.165, 1.54) is 85.9 Å². The molecule has 8 aromatic carbocycles. The summed E-state index contributed by atoms with van der Waals surface area (Å²) in [5, 5.41) is 8.96. The van der Waals surface area contributed by atoms with Gasteiger partial charge in [0.15, 0.2) is 0 Å². The molecule has 0 bridgehead atoms. The van der Waals surface area contributed by atoms with Crippen molar-refractivity contribution in [3.05, 3.63) is 176 Å². The van der Waals surface area contributed by atoms with Crippen molar-refractivity contribution in [3.63, 3.8) is 0 Å². The summed E-state index contributed by atoms with van der Waals surface area (Å²) in [5.74, 6) is 0. The number of nitrogens with zero attached hydrogens (tertiary/aromatic N) is 3. The third kappa shape index (κ3) is 3.79. The van der Waals surface area contributed by atoms with Crippen LogP contribution in [0.4, 0.5) is 17.1 Å². The zero-order valence-corrected chi connectivity index (χ0v) is 28.8. The molecule has 0 aliphatic heterocycles. The lowest BCUT2D eigenvalue weighted by atomic mass is 9.98. The van der Waals surface area contributed by atoms with Gasteiger partial charge in [-0.15, -0.1) is 11.3 Å². The van der Waals surface area contributed by atoms with Crippen LogP contribution in [0.15, 0.2) is 176 Å². The molecule has 12 rings (SSSR count). The molecule has 0 spiro atoms.